The van der Waals surface area contributed by atoms with Crippen molar-refractivity contribution in [2.45, 2.75) is 26.3 Å². The zero-order chi connectivity index (χ0) is 11.5. The van der Waals surface area contributed by atoms with Crippen molar-refractivity contribution in [3.8, 4) is 0 Å². The van der Waals surface area contributed by atoms with E-state index >= 15 is 0 Å². The molecule has 0 aliphatic carbocycles. The largest absolute Gasteiger partial charge is 0.299 e. The fraction of sp³-hybridized carbons (Fsp3) is 0.400. The minimum atomic E-state index is 0.702. The number of thiophene rings is 1. The lowest BCUT2D eigenvalue weighted by atomic mass is 10.3. The van der Waals surface area contributed by atoms with Crippen LogP contribution in [0.25, 0.3) is 0 Å². The third-order valence-electron chi connectivity index (χ3n) is 2.25. The molecule has 0 unspecified atom stereocenters. The highest BCUT2D eigenvalue weighted by Crippen LogP contribution is 2.23. The number of nitrogens with one attached hydrogen (secondary N) is 1. The first-order valence-corrected chi connectivity index (χ1v) is 7.10. The average Bonchev–Trinajstić information content (AvgIpc) is 2.79. The lowest BCUT2D eigenvalue weighted by Crippen LogP contribution is -2.04. The minimum Gasteiger partial charge on any atom is -0.299 e. The van der Waals surface area contributed by atoms with Crippen LogP contribution in [0.2, 0.25) is 0 Å². The summed E-state index contributed by atoms with van der Waals surface area (Å²) in [6, 6.07) is 4.17. The van der Waals surface area contributed by atoms with E-state index in [0.29, 0.717) is 4.77 Å². The highest BCUT2D eigenvalue weighted by molar-refractivity contribution is 9.11. The molecule has 0 saturated carbocycles. The Kier molecular flexibility index (Phi) is 3.94. The minimum absolute atomic E-state index is 0.702. The second kappa shape index (κ2) is 5.25. The maximum Gasteiger partial charge on any atom is 0.195 e. The van der Waals surface area contributed by atoms with Crippen LogP contribution in [0.15, 0.2) is 15.9 Å². The number of aromatic nitrogens is 3. The van der Waals surface area contributed by atoms with Gasteiger partial charge >= 0.3 is 0 Å². The van der Waals surface area contributed by atoms with E-state index in [1.165, 1.54) is 4.88 Å². The molecule has 16 heavy (non-hydrogen) atoms. The summed E-state index contributed by atoms with van der Waals surface area (Å²) < 4.78 is 3.92. The normalized spacial score (nSPS) is 10.9. The van der Waals surface area contributed by atoms with Crippen molar-refractivity contribution in [2.75, 3.05) is 0 Å². The molecule has 6 heteroatoms. The summed E-state index contributed by atoms with van der Waals surface area (Å²) in [6.07, 6.45) is 2.04. The second-order valence-electron chi connectivity index (χ2n) is 3.49. The lowest BCUT2D eigenvalue weighted by molar-refractivity contribution is 0.705. The van der Waals surface area contributed by atoms with Gasteiger partial charge in [-0.1, -0.05) is 6.92 Å². The third kappa shape index (κ3) is 2.61. The average molecular weight is 318 g/mol. The first kappa shape index (κ1) is 12.0. The van der Waals surface area contributed by atoms with Gasteiger partial charge in [0.1, 0.15) is 5.82 Å². The van der Waals surface area contributed by atoms with E-state index in [-0.39, 0.29) is 0 Å². The van der Waals surface area contributed by atoms with Crippen LogP contribution in [0.4, 0.5) is 0 Å². The molecular weight excluding hydrogens is 306 g/mol. The number of aryl methyl sites for hydroxylation is 1. The summed E-state index contributed by atoms with van der Waals surface area (Å²) in [5, 5.41) is 7.10. The third-order valence-corrected chi connectivity index (χ3v) is 4.17. The molecule has 2 heterocycles. The molecule has 2 rings (SSSR count). The number of hydrogen-bond acceptors (Lipinski definition) is 3. The molecule has 0 atom stereocenters. The smallest absolute Gasteiger partial charge is 0.195 e. The van der Waals surface area contributed by atoms with Crippen molar-refractivity contribution >= 4 is 39.5 Å². The fourth-order valence-electron chi connectivity index (χ4n) is 1.52. The predicted molar refractivity (Wildman–Crippen MR) is 72.5 cm³/mol. The van der Waals surface area contributed by atoms with Crippen LogP contribution in [0.3, 0.4) is 0 Å². The summed E-state index contributed by atoms with van der Waals surface area (Å²) in [7, 11) is 0. The monoisotopic (exact) mass is 317 g/mol. The lowest BCUT2D eigenvalue weighted by Gasteiger charge is -2.03. The standard InChI is InChI=1S/C10H12BrN3S2/c1-2-3-9-12-13-10(15)14(9)6-7-4-5-8(11)16-7/h4-5H,2-3,6H2,1H3,(H,13,15). The summed E-state index contributed by atoms with van der Waals surface area (Å²) >= 11 is 10.4. The molecule has 0 bridgehead atoms. The Bertz CT molecular complexity index is 526. The maximum atomic E-state index is 5.23. The molecule has 1 N–H and O–H groups in total. The van der Waals surface area contributed by atoms with Crippen molar-refractivity contribution in [1.29, 1.82) is 0 Å². The molecule has 86 valence electrons. The fourth-order valence-corrected chi connectivity index (χ4v) is 3.21. The van der Waals surface area contributed by atoms with Crippen LogP contribution >= 0.6 is 39.5 Å². The van der Waals surface area contributed by atoms with Crippen molar-refractivity contribution in [1.82, 2.24) is 14.8 Å². The first-order valence-electron chi connectivity index (χ1n) is 5.09. The SMILES string of the molecule is CCCc1n[nH]c(=S)n1Cc1ccc(Br)s1. The molecule has 0 aliphatic heterocycles. The van der Waals surface area contributed by atoms with E-state index in [1.807, 2.05) is 0 Å². The maximum absolute atomic E-state index is 5.23. The summed E-state index contributed by atoms with van der Waals surface area (Å²) in [5.41, 5.74) is 0. The summed E-state index contributed by atoms with van der Waals surface area (Å²) in [4.78, 5) is 1.28. The van der Waals surface area contributed by atoms with Gasteiger partial charge in [0.25, 0.3) is 0 Å². The zero-order valence-corrected chi connectivity index (χ0v) is 12.1. The summed E-state index contributed by atoms with van der Waals surface area (Å²) in [5.74, 6) is 1.04. The number of aromatic amines is 1. The summed E-state index contributed by atoms with van der Waals surface area (Å²) in [6.45, 7) is 2.95. The Morgan fingerprint density at radius 1 is 1.56 bits per heavy atom. The quantitative estimate of drug-likeness (QED) is 0.871. The molecule has 2 aromatic rings. The highest BCUT2D eigenvalue weighted by atomic mass is 79.9. The van der Waals surface area contributed by atoms with Gasteiger partial charge in [-0.15, -0.1) is 11.3 Å². The first-order chi connectivity index (χ1) is 7.70. The molecule has 3 nitrogen and oxygen atoms in total. The Labute approximate surface area is 112 Å². The molecule has 0 saturated heterocycles. The van der Waals surface area contributed by atoms with Crippen LogP contribution in [-0.2, 0) is 13.0 Å². The molecule has 2 aromatic heterocycles. The van der Waals surface area contributed by atoms with Gasteiger partial charge < -0.3 is 0 Å². The van der Waals surface area contributed by atoms with Crippen molar-refractivity contribution in [3.05, 3.63) is 31.4 Å². The van der Waals surface area contributed by atoms with Crippen LogP contribution < -0.4 is 0 Å². The van der Waals surface area contributed by atoms with E-state index in [1.54, 1.807) is 11.3 Å². The van der Waals surface area contributed by atoms with Crippen molar-refractivity contribution < 1.29 is 0 Å². The van der Waals surface area contributed by atoms with Gasteiger partial charge in [-0.2, -0.15) is 5.10 Å². The molecule has 0 radical (unpaired) electrons. The molecular formula is C10H12BrN3S2. The number of rotatable bonds is 4. The van der Waals surface area contributed by atoms with Crippen LogP contribution in [0.5, 0.6) is 0 Å². The van der Waals surface area contributed by atoms with Crippen molar-refractivity contribution in [3.63, 3.8) is 0 Å². The van der Waals surface area contributed by atoms with E-state index in [4.69, 9.17) is 12.2 Å². The molecule has 0 spiro atoms. The van der Waals surface area contributed by atoms with Crippen molar-refractivity contribution in [2.24, 2.45) is 0 Å². The number of halogens is 1. The zero-order valence-electron chi connectivity index (χ0n) is 8.86. The Hall–Kier alpha value is -0.460. The van der Waals surface area contributed by atoms with E-state index in [0.717, 1.165) is 29.0 Å². The molecule has 0 fully saturated rings. The number of hydrogen-bond donors (Lipinski definition) is 1. The topological polar surface area (TPSA) is 33.6 Å². The molecule has 0 aliphatic rings. The Morgan fingerprint density at radius 2 is 2.38 bits per heavy atom. The van der Waals surface area contributed by atoms with Gasteiger partial charge in [-0.3, -0.25) is 9.67 Å². The Morgan fingerprint density at radius 3 is 3.00 bits per heavy atom. The Balaban J connectivity index is 2.26. The van der Waals surface area contributed by atoms with E-state index < -0.39 is 0 Å². The van der Waals surface area contributed by atoms with Crippen LogP contribution in [-0.4, -0.2) is 14.8 Å². The van der Waals surface area contributed by atoms with Gasteiger partial charge in [-0.05, 0) is 46.7 Å². The van der Waals surface area contributed by atoms with Crippen LogP contribution in [0.1, 0.15) is 24.0 Å². The number of H-pyrrole nitrogens is 1. The van der Waals surface area contributed by atoms with Gasteiger partial charge in [0, 0.05) is 11.3 Å². The van der Waals surface area contributed by atoms with Gasteiger partial charge in [0.15, 0.2) is 4.77 Å². The molecule has 0 amide bonds. The van der Waals surface area contributed by atoms with Gasteiger partial charge in [0.05, 0.1) is 10.3 Å². The second-order valence-corrected chi connectivity index (χ2v) is 6.42. The van der Waals surface area contributed by atoms with Gasteiger partial charge in [0.2, 0.25) is 0 Å². The van der Waals surface area contributed by atoms with E-state index in [2.05, 4.69) is 49.8 Å². The van der Waals surface area contributed by atoms with Crippen LogP contribution in [0, 0.1) is 4.77 Å². The number of nitrogens with zero attached hydrogens (tertiary/aromatic N) is 2. The predicted octanol–water partition coefficient (Wildman–Crippen LogP) is 3.77. The van der Waals surface area contributed by atoms with E-state index in [9.17, 15) is 0 Å². The van der Waals surface area contributed by atoms with Gasteiger partial charge in [-0.25, -0.2) is 0 Å². The highest BCUT2D eigenvalue weighted by Gasteiger charge is 2.07. The molecule has 0 aromatic carbocycles.